The van der Waals surface area contributed by atoms with E-state index in [-0.39, 0.29) is 31.2 Å². The lowest BCUT2D eigenvalue weighted by atomic mass is 9.81. The third-order valence-corrected chi connectivity index (χ3v) is 4.55. The topological polar surface area (TPSA) is 149 Å². The maximum Gasteiger partial charge on any atom is 0.249 e. The number of amides is 1. The van der Waals surface area contributed by atoms with Crippen molar-refractivity contribution in [2.75, 3.05) is 32.8 Å². The number of nitrogens with two attached hydrogens (primary N) is 3. The van der Waals surface area contributed by atoms with Gasteiger partial charge in [-0.2, -0.15) is 0 Å². The smallest absolute Gasteiger partial charge is 0.249 e. The molecule has 0 aromatic rings. The lowest BCUT2D eigenvalue weighted by molar-refractivity contribution is -0.132. The summed E-state index contributed by atoms with van der Waals surface area (Å²) in [5.74, 6) is -0.0656. The van der Waals surface area contributed by atoms with Gasteiger partial charge in [0, 0.05) is 12.6 Å². The van der Waals surface area contributed by atoms with E-state index in [9.17, 15) is 9.90 Å². The SMILES string of the molecule is CC1CC(OCCNCCCN)C(NC(=O)[C@@H](O)CCN)CC1N. The highest BCUT2D eigenvalue weighted by Crippen LogP contribution is 2.26. The van der Waals surface area contributed by atoms with Crippen LogP contribution in [0.25, 0.3) is 0 Å². The van der Waals surface area contributed by atoms with Crippen LogP contribution in [-0.2, 0) is 9.53 Å². The fourth-order valence-corrected chi connectivity index (χ4v) is 2.92. The first-order valence-electron chi connectivity index (χ1n) is 8.96. The van der Waals surface area contributed by atoms with Crippen LogP contribution >= 0.6 is 0 Å². The van der Waals surface area contributed by atoms with Crippen molar-refractivity contribution in [2.24, 2.45) is 23.1 Å². The Hall–Kier alpha value is -0.770. The molecule has 1 aliphatic carbocycles. The molecule has 0 saturated heterocycles. The molecular weight excluding hydrogens is 310 g/mol. The normalized spacial score (nSPS) is 28.5. The summed E-state index contributed by atoms with van der Waals surface area (Å²) in [6.07, 6.45) is 1.45. The average molecular weight is 345 g/mol. The summed E-state index contributed by atoms with van der Waals surface area (Å²) in [5.41, 5.74) is 17.0. The molecule has 4 unspecified atom stereocenters. The van der Waals surface area contributed by atoms with E-state index in [1.807, 2.05) is 0 Å². The van der Waals surface area contributed by atoms with Crippen LogP contribution in [0.15, 0.2) is 0 Å². The van der Waals surface area contributed by atoms with Crippen molar-refractivity contribution in [2.45, 2.75) is 56.9 Å². The van der Waals surface area contributed by atoms with E-state index in [4.69, 9.17) is 21.9 Å². The zero-order chi connectivity index (χ0) is 17.9. The van der Waals surface area contributed by atoms with Crippen molar-refractivity contribution >= 4 is 5.91 Å². The van der Waals surface area contributed by atoms with Gasteiger partial charge in [-0.05, 0) is 51.2 Å². The molecule has 9 N–H and O–H groups in total. The van der Waals surface area contributed by atoms with Gasteiger partial charge in [0.15, 0.2) is 0 Å². The van der Waals surface area contributed by atoms with Crippen LogP contribution in [0.5, 0.6) is 0 Å². The number of carbonyl (C=O) groups excluding carboxylic acids is 1. The standard InChI is InChI=1S/C16H35N5O3/c1-11-9-15(24-8-7-20-6-2-4-17)13(10-12(11)19)21-16(23)14(22)3-5-18/h11-15,20,22H,2-10,17-19H2,1H3,(H,21,23)/t11?,12?,13?,14-,15?/m0/s1. The minimum absolute atomic E-state index is 0.0180. The molecule has 0 aromatic carbocycles. The number of rotatable bonds is 11. The quantitative estimate of drug-likeness (QED) is 0.243. The Morgan fingerprint density at radius 3 is 2.71 bits per heavy atom. The van der Waals surface area contributed by atoms with Crippen molar-refractivity contribution in [1.29, 1.82) is 0 Å². The van der Waals surface area contributed by atoms with Gasteiger partial charge in [0.25, 0.3) is 0 Å². The van der Waals surface area contributed by atoms with Crippen LogP contribution in [0.4, 0.5) is 0 Å². The molecule has 8 heteroatoms. The van der Waals surface area contributed by atoms with E-state index < -0.39 is 12.0 Å². The van der Waals surface area contributed by atoms with Gasteiger partial charge in [-0.15, -0.1) is 0 Å². The zero-order valence-corrected chi connectivity index (χ0v) is 14.7. The first kappa shape index (κ1) is 21.3. The summed E-state index contributed by atoms with van der Waals surface area (Å²) >= 11 is 0. The van der Waals surface area contributed by atoms with Crippen molar-refractivity contribution in [3.8, 4) is 0 Å². The van der Waals surface area contributed by atoms with Gasteiger partial charge in [0.05, 0.1) is 18.8 Å². The molecule has 8 nitrogen and oxygen atoms in total. The third kappa shape index (κ3) is 7.42. The van der Waals surface area contributed by atoms with Crippen LogP contribution in [0.3, 0.4) is 0 Å². The number of aliphatic hydroxyl groups is 1. The number of hydrogen-bond donors (Lipinski definition) is 6. The van der Waals surface area contributed by atoms with E-state index in [0.29, 0.717) is 25.5 Å². The Balaban J connectivity index is 2.46. The van der Waals surface area contributed by atoms with E-state index >= 15 is 0 Å². The second-order valence-corrected chi connectivity index (χ2v) is 6.62. The summed E-state index contributed by atoms with van der Waals surface area (Å²) in [7, 11) is 0. The summed E-state index contributed by atoms with van der Waals surface area (Å²) in [6.45, 7) is 5.22. The van der Waals surface area contributed by atoms with Crippen molar-refractivity contribution in [1.82, 2.24) is 10.6 Å². The molecule has 1 saturated carbocycles. The van der Waals surface area contributed by atoms with E-state index in [0.717, 1.165) is 25.9 Å². The minimum Gasteiger partial charge on any atom is -0.383 e. The Morgan fingerprint density at radius 2 is 2.04 bits per heavy atom. The zero-order valence-electron chi connectivity index (χ0n) is 14.7. The first-order chi connectivity index (χ1) is 11.5. The molecule has 0 bridgehead atoms. The summed E-state index contributed by atoms with van der Waals surface area (Å²) in [6, 6.07) is -0.162. The molecule has 0 aromatic heterocycles. The van der Waals surface area contributed by atoms with Gasteiger partial charge in [-0.3, -0.25) is 4.79 Å². The molecule has 5 atom stereocenters. The van der Waals surface area contributed by atoms with E-state index in [1.165, 1.54) is 0 Å². The van der Waals surface area contributed by atoms with Gasteiger partial charge in [0.2, 0.25) is 5.91 Å². The Kier molecular flexibility index (Phi) is 10.4. The number of carbonyl (C=O) groups is 1. The van der Waals surface area contributed by atoms with Gasteiger partial charge < -0.3 is 37.7 Å². The fraction of sp³-hybridized carbons (Fsp3) is 0.938. The highest BCUT2D eigenvalue weighted by molar-refractivity contribution is 5.80. The van der Waals surface area contributed by atoms with Crippen LogP contribution in [0.2, 0.25) is 0 Å². The number of ether oxygens (including phenoxy) is 1. The maximum atomic E-state index is 12.0. The van der Waals surface area contributed by atoms with Crippen molar-refractivity contribution in [3.05, 3.63) is 0 Å². The summed E-state index contributed by atoms with van der Waals surface area (Å²) < 4.78 is 5.96. The average Bonchev–Trinajstić information content (AvgIpc) is 2.55. The minimum atomic E-state index is -1.08. The van der Waals surface area contributed by atoms with E-state index in [1.54, 1.807) is 0 Å². The molecule has 0 aliphatic heterocycles. The predicted molar refractivity (Wildman–Crippen MR) is 94.3 cm³/mol. The maximum absolute atomic E-state index is 12.0. The van der Waals surface area contributed by atoms with Gasteiger partial charge in [-0.1, -0.05) is 6.92 Å². The molecule has 142 valence electrons. The first-order valence-corrected chi connectivity index (χ1v) is 8.96. The number of hydrogen-bond acceptors (Lipinski definition) is 7. The molecule has 1 aliphatic rings. The number of aliphatic hydroxyl groups excluding tert-OH is 1. The highest BCUT2D eigenvalue weighted by atomic mass is 16.5. The molecule has 24 heavy (non-hydrogen) atoms. The van der Waals surface area contributed by atoms with E-state index in [2.05, 4.69) is 17.6 Å². The Morgan fingerprint density at radius 1 is 1.29 bits per heavy atom. The lowest BCUT2D eigenvalue weighted by Gasteiger charge is -2.39. The molecule has 1 fully saturated rings. The molecule has 0 radical (unpaired) electrons. The fourth-order valence-electron chi connectivity index (χ4n) is 2.92. The second-order valence-electron chi connectivity index (χ2n) is 6.62. The van der Waals surface area contributed by atoms with Crippen LogP contribution in [0.1, 0.15) is 32.6 Å². The van der Waals surface area contributed by atoms with Gasteiger partial charge in [0.1, 0.15) is 6.10 Å². The molecule has 0 heterocycles. The highest BCUT2D eigenvalue weighted by Gasteiger charge is 2.35. The second kappa shape index (κ2) is 11.7. The van der Waals surface area contributed by atoms with Gasteiger partial charge >= 0.3 is 0 Å². The monoisotopic (exact) mass is 345 g/mol. The molecule has 1 rings (SSSR count). The van der Waals surface area contributed by atoms with Crippen LogP contribution in [-0.4, -0.2) is 68.1 Å². The van der Waals surface area contributed by atoms with Crippen molar-refractivity contribution in [3.63, 3.8) is 0 Å². The third-order valence-electron chi connectivity index (χ3n) is 4.55. The summed E-state index contributed by atoms with van der Waals surface area (Å²) in [4.78, 5) is 12.0. The summed E-state index contributed by atoms with van der Waals surface area (Å²) in [5, 5.41) is 15.9. The predicted octanol–water partition coefficient (Wildman–Crippen LogP) is -1.74. The van der Waals surface area contributed by atoms with Crippen LogP contribution < -0.4 is 27.8 Å². The molecule has 0 spiro atoms. The number of nitrogens with one attached hydrogen (secondary N) is 2. The molecular formula is C16H35N5O3. The Bertz CT molecular complexity index is 359. The largest absolute Gasteiger partial charge is 0.383 e. The van der Waals surface area contributed by atoms with Crippen molar-refractivity contribution < 1.29 is 14.6 Å². The molecule has 1 amide bonds. The van der Waals surface area contributed by atoms with Crippen LogP contribution in [0, 0.1) is 5.92 Å². The Labute approximate surface area is 144 Å². The lowest BCUT2D eigenvalue weighted by Crippen LogP contribution is -2.55. The van der Waals surface area contributed by atoms with Gasteiger partial charge in [-0.25, -0.2) is 0 Å².